The molecule has 34 heavy (non-hydrogen) atoms. The maximum Gasteiger partial charge on any atom is 0.177 e. The molecule has 2 aromatic carbocycles. The van der Waals surface area contributed by atoms with Crippen molar-refractivity contribution in [1.29, 1.82) is 0 Å². The number of hydrogen-bond donors (Lipinski definition) is 4. The first kappa shape index (κ1) is 21.6. The van der Waals surface area contributed by atoms with Crippen molar-refractivity contribution in [2.24, 2.45) is 0 Å². The Kier molecular flexibility index (Phi) is 5.33. The van der Waals surface area contributed by atoms with Crippen LogP contribution < -0.4 is 10.6 Å². The molecule has 4 aromatic rings. The molecule has 2 saturated heterocycles. The number of halogens is 2. The number of aliphatic hydroxyl groups excluding tert-OH is 2. The zero-order chi connectivity index (χ0) is 23.4. The second kappa shape index (κ2) is 8.38. The molecule has 0 bridgehead atoms. The summed E-state index contributed by atoms with van der Waals surface area (Å²) >= 11 is 0. The van der Waals surface area contributed by atoms with Crippen LogP contribution in [-0.2, 0) is 13.1 Å². The normalized spacial score (nSPS) is 25.2. The number of β-amino-alcohol motifs (C(OH)–C–C–N with tert-alkyl or cyclic N) is 2. The van der Waals surface area contributed by atoms with E-state index in [1.807, 2.05) is 9.13 Å². The predicted molar refractivity (Wildman–Crippen MR) is 123 cm³/mol. The molecule has 0 radical (unpaired) electrons. The SMILES string of the molecule is OC1CNC(Cn2c(-c3nc4cc(F)ccc4n3CC3CC(O)CN3)nc3cc(F)ccc32)C1. The Balaban J connectivity index is 1.51. The van der Waals surface area contributed by atoms with E-state index in [-0.39, 0.29) is 23.7 Å². The highest BCUT2D eigenvalue weighted by molar-refractivity contribution is 5.83. The van der Waals surface area contributed by atoms with Gasteiger partial charge in [0.05, 0.1) is 34.3 Å². The third-order valence-corrected chi connectivity index (χ3v) is 6.82. The summed E-state index contributed by atoms with van der Waals surface area (Å²) in [6.07, 6.45) is 0.388. The molecule has 8 nitrogen and oxygen atoms in total. The van der Waals surface area contributed by atoms with Gasteiger partial charge in [-0.15, -0.1) is 0 Å². The van der Waals surface area contributed by atoms with Crippen molar-refractivity contribution in [1.82, 2.24) is 29.7 Å². The summed E-state index contributed by atoms with van der Waals surface area (Å²) < 4.78 is 32.1. The van der Waals surface area contributed by atoms with E-state index < -0.39 is 12.2 Å². The van der Waals surface area contributed by atoms with Crippen molar-refractivity contribution in [2.75, 3.05) is 13.1 Å². The molecule has 2 aliphatic heterocycles. The fourth-order valence-electron chi connectivity index (χ4n) is 5.23. The molecule has 4 heterocycles. The van der Waals surface area contributed by atoms with E-state index in [1.54, 1.807) is 12.1 Å². The van der Waals surface area contributed by atoms with Crippen molar-refractivity contribution >= 4 is 22.1 Å². The fourth-order valence-corrected chi connectivity index (χ4v) is 5.23. The van der Waals surface area contributed by atoms with Gasteiger partial charge in [0.15, 0.2) is 11.6 Å². The lowest BCUT2D eigenvalue weighted by Gasteiger charge is -2.17. The van der Waals surface area contributed by atoms with Gasteiger partial charge in [0.2, 0.25) is 0 Å². The molecule has 4 N–H and O–H groups in total. The molecular formula is C24H26F2N6O2. The van der Waals surface area contributed by atoms with Gasteiger partial charge in [-0.1, -0.05) is 0 Å². The zero-order valence-corrected chi connectivity index (χ0v) is 18.5. The predicted octanol–water partition coefficient (Wildman–Crippen LogP) is 1.78. The number of imidazole rings is 2. The van der Waals surface area contributed by atoms with Crippen LogP contribution in [0, 0.1) is 11.6 Å². The lowest BCUT2D eigenvalue weighted by atomic mass is 10.2. The maximum atomic E-state index is 14.0. The summed E-state index contributed by atoms with van der Waals surface area (Å²) in [5.41, 5.74) is 2.54. The molecule has 2 aromatic heterocycles. The minimum Gasteiger partial charge on any atom is -0.392 e. The number of fused-ring (bicyclic) bond motifs is 2. The van der Waals surface area contributed by atoms with E-state index in [9.17, 15) is 19.0 Å². The summed E-state index contributed by atoms with van der Waals surface area (Å²) in [5.74, 6) is 0.355. The van der Waals surface area contributed by atoms with Crippen LogP contribution >= 0.6 is 0 Å². The topological polar surface area (TPSA) is 100 Å². The van der Waals surface area contributed by atoms with Crippen LogP contribution in [0.2, 0.25) is 0 Å². The highest BCUT2D eigenvalue weighted by Crippen LogP contribution is 2.30. The number of aliphatic hydroxyl groups is 2. The maximum absolute atomic E-state index is 14.0. The summed E-state index contributed by atoms with van der Waals surface area (Å²) in [6.45, 7) is 2.09. The minimum atomic E-state index is -0.409. The highest BCUT2D eigenvalue weighted by atomic mass is 19.1. The van der Waals surface area contributed by atoms with Gasteiger partial charge in [0.25, 0.3) is 0 Å². The molecule has 0 aliphatic carbocycles. The second-order valence-corrected chi connectivity index (χ2v) is 9.35. The Morgan fingerprint density at radius 2 is 1.21 bits per heavy atom. The van der Waals surface area contributed by atoms with Gasteiger partial charge in [-0.2, -0.15) is 0 Å². The van der Waals surface area contributed by atoms with Crippen LogP contribution in [0.4, 0.5) is 8.78 Å². The Bertz CT molecular complexity index is 1260. The first-order valence-corrected chi connectivity index (χ1v) is 11.6. The van der Waals surface area contributed by atoms with Crippen LogP contribution in [0.15, 0.2) is 36.4 Å². The van der Waals surface area contributed by atoms with E-state index >= 15 is 0 Å². The third kappa shape index (κ3) is 3.86. The van der Waals surface area contributed by atoms with Crippen LogP contribution in [0.25, 0.3) is 33.7 Å². The van der Waals surface area contributed by atoms with Crippen LogP contribution in [0.1, 0.15) is 12.8 Å². The van der Waals surface area contributed by atoms with Crippen LogP contribution in [0.3, 0.4) is 0 Å². The number of aromatic nitrogens is 4. The molecule has 0 spiro atoms. The van der Waals surface area contributed by atoms with Crippen molar-refractivity contribution in [2.45, 2.75) is 50.2 Å². The van der Waals surface area contributed by atoms with Gasteiger partial charge in [-0.25, -0.2) is 18.7 Å². The standard InChI is InChI=1S/C24H26F2N6O2/c25-13-1-3-21-19(5-13)29-23(31(21)11-15-7-17(33)9-27-15)24-30-20-6-14(26)2-4-22(20)32(24)12-16-8-18(34)10-28-16/h1-6,15-18,27-28,33-34H,7-12H2. The molecule has 178 valence electrons. The van der Waals surface area contributed by atoms with E-state index in [2.05, 4.69) is 10.6 Å². The molecule has 0 amide bonds. The number of rotatable bonds is 5. The quantitative estimate of drug-likeness (QED) is 0.356. The largest absolute Gasteiger partial charge is 0.392 e. The molecule has 6 rings (SSSR count). The highest BCUT2D eigenvalue weighted by Gasteiger charge is 2.28. The average molecular weight is 469 g/mol. The van der Waals surface area contributed by atoms with Gasteiger partial charge in [0.1, 0.15) is 11.6 Å². The second-order valence-electron chi connectivity index (χ2n) is 9.35. The van der Waals surface area contributed by atoms with Crippen LogP contribution in [-0.4, -0.2) is 66.7 Å². The Morgan fingerprint density at radius 3 is 1.59 bits per heavy atom. The molecule has 4 atom stereocenters. The van der Waals surface area contributed by atoms with E-state index in [4.69, 9.17) is 9.97 Å². The fraction of sp³-hybridized carbons (Fsp3) is 0.417. The molecule has 2 fully saturated rings. The summed E-state index contributed by atoms with van der Waals surface area (Å²) in [7, 11) is 0. The van der Waals surface area contributed by atoms with E-state index in [0.29, 0.717) is 61.7 Å². The number of hydrogen-bond acceptors (Lipinski definition) is 6. The van der Waals surface area contributed by atoms with Crippen LogP contribution in [0.5, 0.6) is 0 Å². The lowest BCUT2D eigenvalue weighted by Crippen LogP contribution is -2.28. The zero-order valence-electron chi connectivity index (χ0n) is 18.5. The number of nitrogens with one attached hydrogen (secondary N) is 2. The first-order valence-electron chi connectivity index (χ1n) is 11.6. The number of nitrogens with zero attached hydrogens (tertiary/aromatic N) is 4. The van der Waals surface area contributed by atoms with Gasteiger partial charge < -0.3 is 30.0 Å². The van der Waals surface area contributed by atoms with Gasteiger partial charge in [-0.3, -0.25) is 0 Å². The average Bonchev–Trinajstić information content (AvgIpc) is 3.56. The third-order valence-electron chi connectivity index (χ3n) is 6.82. The summed E-state index contributed by atoms with van der Waals surface area (Å²) in [6, 6.07) is 9.06. The van der Waals surface area contributed by atoms with Crippen molar-refractivity contribution in [3.05, 3.63) is 48.0 Å². The van der Waals surface area contributed by atoms with Gasteiger partial charge >= 0.3 is 0 Å². The van der Waals surface area contributed by atoms with Gasteiger partial charge in [0, 0.05) is 50.4 Å². The van der Waals surface area contributed by atoms with Crippen molar-refractivity contribution in [3.63, 3.8) is 0 Å². The van der Waals surface area contributed by atoms with Gasteiger partial charge in [-0.05, 0) is 37.1 Å². The molecule has 10 heteroatoms. The number of benzene rings is 2. The summed E-state index contributed by atoms with van der Waals surface area (Å²) in [4.78, 5) is 9.52. The van der Waals surface area contributed by atoms with Crippen molar-refractivity contribution in [3.8, 4) is 11.6 Å². The first-order chi connectivity index (χ1) is 16.4. The smallest absolute Gasteiger partial charge is 0.177 e. The van der Waals surface area contributed by atoms with E-state index in [1.165, 1.54) is 24.3 Å². The molecule has 0 saturated carbocycles. The summed E-state index contributed by atoms with van der Waals surface area (Å²) in [5, 5.41) is 26.6. The Labute approximate surface area is 194 Å². The monoisotopic (exact) mass is 468 g/mol. The molecular weight excluding hydrogens is 442 g/mol. The minimum absolute atomic E-state index is 0.0260. The molecule has 2 aliphatic rings. The Hall–Kier alpha value is -2.92. The van der Waals surface area contributed by atoms with E-state index in [0.717, 1.165) is 11.0 Å². The lowest BCUT2D eigenvalue weighted by molar-refractivity contribution is 0.192. The molecule has 4 unspecified atom stereocenters. The van der Waals surface area contributed by atoms with Crippen molar-refractivity contribution < 1.29 is 19.0 Å². The Morgan fingerprint density at radius 1 is 0.765 bits per heavy atom.